The van der Waals surface area contributed by atoms with E-state index in [0.717, 1.165) is 38.8 Å². The van der Waals surface area contributed by atoms with Crippen LogP contribution in [0, 0.1) is 0 Å². The SMILES string of the molecule is COc1ccc(-c2cc(=O)oc3cc4occ(-c5ccccc5)c4cc23)cc1. The highest BCUT2D eigenvalue weighted by Gasteiger charge is 2.14. The van der Waals surface area contributed by atoms with Gasteiger partial charge in [0.15, 0.2) is 0 Å². The molecular weight excluding hydrogens is 352 g/mol. The predicted octanol–water partition coefficient (Wildman–Crippen LogP) is 5.88. The van der Waals surface area contributed by atoms with Crippen molar-refractivity contribution in [3.05, 3.63) is 89.5 Å². The quantitative estimate of drug-likeness (QED) is 0.373. The van der Waals surface area contributed by atoms with Gasteiger partial charge in [-0.05, 0) is 34.9 Å². The molecule has 0 amide bonds. The maximum Gasteiger partial charge on any atom is 0.336 e. The van der Waals surface area contributed by atoms with Crippen molar-refractivity contribution in [1.29, 1.82) is 0 Å². The summed E-state index contributed by atoms with van der Waals surface area (Å²) < 4.78 is 16.4. The molecule has 0 saturated heterocycles. The van der Waals surface area contributed by atoms with Crippen molar-refractivity contribution in [2.45, 2.75) is 0 Å². The van der Waals surface area contributed by atoms with Crippen molar-refractivity contribution >= 4 is 21.9 Å². The number of ether oxygens (including phenoxy) is 1. The Balaban J connectivity index is 1.79. The number of hydrogen-bond donors (Lipinski definition) is 0. The summed E-state index contributed by atoms with van der Waals surface area (Å²) in [6.07, 6.45) is 1.74. The Labute approximate surface area is 160 Å². The van der Waals surface area contributed by atoms with Crippen LogP contribution < -0.4 is 10.4 Å². The molecule has 2 heterocycles. The standard InChI is InChI=1S/C24H16O4/c1-26-17-9-7-16(8-10-17)18-12-24(25)28-23-13-22-20(11-19(18)23)21(14-27-22)15-5-3-2-4-6-15/h2-14H,1H3. The Morgan fingerprint density at radius 2 is 1.46 bits per heavy atom. The molecule has 5 rings (SSSR count). The van der Waals surface area contributed by atoms with Gasteiger partial charge in [-0.3, -0.25) is 0 Å². The van der Waals surface area contributed by atoms with E-state index in [-0.39, 0.29) is 0 Å². The molecule has 0 aliphatic carbocycles. The molecule has 2 aromatic heterocycles. The maximum atomic E-state index is 12.1. The fourth-order valence-corrected chi connectivity index (χ4v) is 3.53. The summed E-state index contributed by atoms with van der Waals surface area (Å²) in [4.78, 5) is 12.1. The van der Waals surface area contributed by atoms with E-state index in [2.05, 4.69) is 0 Å². The Kier molecular flexibility index (Phi) is 3.76. The Hall–Kier alpha value is -3.79. The number of hydrogen-bond acceptors (Lipinski definition) is 4. The molecule has 0 N–H and O–H groups in total. The van der Waals surface area contributed by atoms with E-state index < -0.39 is 5.63 Å². The van der Waals surface area contributed by atoms with Gasteiger partial charge in [-0.25, -0.2) is 4.79 Å². The Morgan fingerprint density at radius 1 is 0.750 bits per heavy atom. The van der Waals surface area contributed by atoms with Crippen LogP contribution in [0.15, 0.2) is 92.7 Å². The van der Waals surface area contributed by atoms with E-state index in [0.29, 0.717) is 11.2 Å². The van der Waals surface area contributed by atoms with Crippen LogP contribution in [0.2, 0.25) is 0 Å². The lowest BCUT2D eigenvalue weighted by Gasteiger charge is -2.07. The number of fused-ring (bicyclic) bond motifs is 2. The number of rotatable bonds is 3. The normalized spacial score (nSPS) is 11.2. The van der Waals surface area contributed by atoms with Gasteiger partial charge in [0.05, 0.1) is 13.4 Å². The van der Waals surface area contributed by atoms with E-state index >= 15 is 0 Å². The lowest BCUT2D eigenvalue weighted by Crippen LogP contribution is -1.98. The van der Waals surface area contributed by atoms with Crippen molar-refractivity contribution in [2.75, 3.05) is 7.11 Å². The lowest BCUT2D eigenvalue weighted by molar-refractivity contribution is 0.415. The summed E-state index contributed by atoms with van der Waals surface area (Å²) in [5, 5.41) is 1.83. The van der Waals surface area contributed by atoms with Crippen LogP contribution in [-0.2, 0) is 0 Å². The van der Waals surface area contributed by atoms with Gasteiger partial charge in [0, 0.05) is 28.5 Å². The van der Waals surface area contributed by atoms with Crippen LogP contribution in [0.5, 0.6) is 5.75 Å². The zero-order valence-corrected chi connectivity index (χ0v) is 15.1. The number of benzene rings is 3. The Bertz CT molecular complexity index is 1340. The summed E-state index contributed by atoms with van der Waals surface area (Å²) in [6, 6.07) is 23.0. The van der Waals surface area contributed by atoms with Crippen LogP contribution >= 0.6 is 0 Å². The third-order valence-corrected chi connectivity index (χ3v) is 4.92. The first-order chi connectivity index (χ1) is 13.7. The molecule has 0 fully saturated rings. The minimum atomic E-state index is -0.396. The minimum Gasteiger partial charge on any atom is -0.497 e. The van der Waals surface area contributed by atoms with Crippen LogP contribution in [0.4, 0.5) is 0 Å². The smallest absolute Gasteiger partial charge is 0.336 e. The molecule has 4 heteroatoms. The molecule has 0 atom stereocenters. The molecule has 3 aromatic carbocycles. The van der Waals surface area contributed by atoms with Crippen LogP contribution in [0.3, 0.4) is 0 Å². The maximum absolute atomic E-state index is 12.1. The molecule has 0 bridgehead atoms. The first kappa shape index (κ1) is 16.4. The fourth-order valence-electron chi connectivity index (χ4n) is 3.53. The van der Waals surface area contributed by atoms with Gasteiger partial charge >= 0.3 is 5.63 Å². The molecule has 0 aliphatic heterocycles. The minimum absolute atomic E-state index is 0.396. The summed E-state index contributed by atoms with van der Waals surface area (Å²) in [5.41, 5.74) is 4.60. The van der Waals surface area contributed by atoms with E-state index in [1.54, 1.807) is 19.4 Å². The predicted molar refractivity (Wildman–Crippen MR) is 110 cm³/mol. The van der Waals surface area contributed by atoms with Gasteiger partial charge < -0.3 is 13.6 Å². The third-order valence-electron chi connectivity index (χ3n) is 4.92. The molecular formula is C24H16O4. The molecule has 0 radical (unpaired) electrons. The van der Waals surface area contributed by atoms with Crippen LogP contribution in [0.1, 0.15) is 0 Å². The van der Waals surface area contributed by atoms with Crippen LogP contribution in [-0.4, -0.2) is 7.11 Å². The second-order valence-corrected chi connectivity index (χ2v) is 6.57. The van der Waals surface area contributed by atoms with Gasteiger partial charge in [-0.1, -0.05) is 42.5 Å². The topological polar surface area (TPSA) is 52.6 Å². The van der Waals surface area contributed by atoms with Gasteiger partial charge in [-0.2, -0.15) is 0 Å². The van der Waals surface area contributed by atoms with Crippen molar-refractivity contribution in [2.24, 2.45) is 0 Å². The summed E-state index contributed by atoms with van der Waals surface area (Å²) in [7, 11) is 1.63. The summed E-state index contributed by atoms with van der Waals surface area (Å²) >= 11 is 0. The second kappa shape index (κ2) is 6.43. The summed E-state index contributed by atoms with van der Waals surface area (Å²) in [5.74, 6) is 0.764. The highest BCUT2D eigenvalue weighted by Crippen LogP contribution is 2.36. The fraction of sp³-hybridized carbons (Fsp3) is 0.0417. The average Bonchev–Trinajstić information content (AvgIpc) is 3.15. The van der Waals surface area contributed by atoms with Gasteiger partial charge in [-0.15, -0.1) is 0 Å². The molecule has 0 unspecified atom stereocenters. The number of furan rings is 1. The van der Waals surface area contributed by atoms with Crippen LogP contribution in [0.25, 0.3) is 44.2 Å². The largest absolute Gasteiger partial charge is 0.497 e. The van der Waals surface area contributed by atoms with E-state index in [1.807, 2.05) is 60.7 Å². The summed E-state index contributed by atoms with van der Waals surface area (Å²) in [6.45, 7) is 0. The van der Waals surface area contributed by atoms with Gasteiger partial charge in [0.25, 0.3) is 0 Å². The monoisotopic (exact) mass is 368 g/mol. The molecule has 5 aromatic rings. The van der Waals surface area contributed by atoms with Crippen molar-refractivity contribution < 1.29 is 13.6 Å². The molecule has 4 nitrogen and oxygen atoms in total. The number of methoxy groups -OCH3 is 1. The zero-order valence-electron chi connectivity index (χ0n) is 15.1. The van der Waals surface area contributed by atoms with Crippen molar-refractivity contribution in [3.8, 4) is 28.0 Å². The van der Waals surface area contributed by atoms with Gasteiger partial charge in [0.1, 0.15) is 16.9 Å². The highest BCUT2D eigenvalue weighted by molar-refractivity contribution is 6.05. The first-order valence-electron chi connectivity index (χ1n) is 8.92. The third kappa shape index (κ3) is 2.67. The molecule has 28 heavy (non-hydrogen) atoms. The van der Waals surface area contributed by atoms with Crippen molar-refractivity contribution in [1.82, 2.24) is 0 Å². The first-order valence-corrected chi connectivity index (χ1v) is 8.92. The Morgan fingerprint density at radius 3 is 2.21 bits per heavy atom. The molecule has 0 saturated carbocycles. The lowest BCUT2D eigenvalue weighted by atomic mass is 9.98. The molecule has 0 aliphatic rings. The van der Waals surface area contributed by atoms with E-state index in [1.165, 1.54) is 6.07 Å². The van der Waals surface area contributed by atoms with E-state index in [9.17, 15) is 4.79 Å². The molecule has 136 valence electrons. The average molecular weight is 368 g/mol. The highest BCUT2D eigenvalue weighted by atomic mass is 16.5. The molecule has 0 spiro atoms. The van der Waals surface area contributed by atoms with Crippen molar-refractivity contribution in [3.63, 3.8) is 0 Å². The zero-order chi connectivity index (χ0) is 19.1. The van der Waals surface area contributed by atoms with Gasteiger partial charge in [0.2, 0.25) is 0 Å². The van der Waals surface area contributed by atoms with E-state index in [4.69, 9.17) is 13.6 Å². The second-order valence-electron chi connectivity index (χ2n) is 6.57.